The molecule has 5 heteroatoms. The van der Waals surface area contributed by atoms with Gasteiger partial charge in [0, 0.05) is 13.0 Å². The van der Waals surface area contributed by atoms with Gasteiger partial charge in [-0.2, -0.15) is 0 Å². The van der Waals surface area contributed by atoms with Crippen molar-refractivity contribution < 1.29 is 14.6 Å². The molecule has 0 saturated heterocycles. The van der Waals surface area contributed by atoms with Gasteiger partial charge in [0.05, 0.1) is 13.2 Å². The Labute approximate surface area is 122 Å². The van der Waals surface area contributed by atoms with Crippen LogP contribution in [0.5, 0.6) is 5.75 Å². The minimum Gasteiger partial charge on any atom is -0.495 e. The molecule has 0 fully saturated rings. The highest BCUT2D eigenvalue weighted by atomic mass is 32.1. The Morgan fingerprint density at radius 3 is 2.80 bits per heavy atom. The molecule has 1 atom stereocenters. The monoisotopic (exact) mass is 291 g/mol. The van der Waals surface area contributed by atoms with Gasteiger partial charge in [-0.3, -0.25) is 4.79 Å². The van der Waals surface area contributed by atoms with Crippen molar-refractivity contribution in [3.8, 4) is 5.75 Å². The molecule has 1 amide bonds. The summed E-state index contributed by atoms with van der Waals surface area (Å²) in [5.74, 6) is 0.342. The molecule has 0 aliphatic rings. The standard InChI is InChI=1S/C15H17NO3S/c1-19-13-7-8-20-14(13)15(18)16-10-12(17)9-11-5-3-2-4-6-11/h2-8,12,17H,9-10H2,1H3,(H,16,18). The van der Waals surface area contributed by atoms with Crippen LogP contribution in [-0.4, -0.2) is 30.8 Å². The summed E-state index contributed by atoms with van der Waals surface area (Å²) in [6, 6.07) is 11.4. The molecule has 4 nitrogen and oxygen atoms in total. The highest BCUT2D eigenvalue weighted by molar-refractivity contribution is 7.12. The van der Waals surface area contributed by atoms with Gasteiger partial charge in [-0.15, -0.1) is 11.3 Å². The maximum Gasteiger partial charge on any atom is 0.265 e. The Balaban J connectivity index is 1.84. The molecular weight excluding hydrogens is 274 g/mol. The average molecular weight is 291 g/mol. The Morgan fingerprint density at radius 2 is 2.10 bits per heavy atom. The lowest BCUT2D eigenvalue weighted by Crippen LogP contribution is -2.32. The van der Waals surface area contributed by atoms with Crippen LogP contribution in [0.15, 0.2) is 41.8 Å². The number of carbonyl (C=O) groups excluding carboxylic acids is 1. The molecule has 0 aliphatic heterocycles. The third-order valence-electron chi connectivity index (χ3n) is 2.87. The number of amides is 1. The number of aliphatic hydroxyl groups excluding tert-OH is 1. The third-order valence-corrected chi connectivity index (χ3v) is 3.76. The molecule has 0 bridgehead atoms. The maximum absolute atomic E-state index is 12.0. The fraction of sp³-hybridized carbons (Fsp3) is 0.267. The molecule has 20 heavy (non-hydrogen) atoms. The summed E-state index contributed by atoms with van der Waals surface area (Å²) in [5.41, 5.74) is 1.04. The zero-order valence-corrected chi connectivity index (χ0v) is 12.0. The second kappa shape index (κ2) is 7.07. The topological polar surface area (TPSA) is 58.6 Å². The smallest absolute Gasteiger partial charge is 0.265 e. The van der Waals surface area contributed by atoms with Gasteiger partial charge in [-0.05, 0) is 17.0 Å². The van der Waals surface area contributed by atoms with E-state index < -0.39 is 6.10 Å². The molecule has 2 N–H and O–H groups in total. The largest absolute Gasteiger partial charge is 0.495 e. The molecule has 0 saturated carbocycles. The average Bonchev–Trinajstić information content (AvgIpc) is 2.94. The molecular formula is C15H17NO3S. The zero-order chi connectivity index (χ0) is 14.4. The summed E-state index contributed by atoms with van der Waals surface area (Å²) in [4.78, 5) is 12.5. The molecule has 2 rings (SSSR count). The van der Waals surface area contributed by atoms with Crippen molar-refractivity contribution in [2.75, 3.05) is 13.7 Å². The van der Waals surface area contributed by atoms with Gasteiger partial charge in [0.25, 0.3) is 5.91 Å². The van der Waals surface area contributed by atoms with Crippen molar-refractivity contribution in [2.45, 2.75) is 12.5 Å². The summed E-state index contributed by atoms with van der Waals surface area (Å²) >= 11 is 1.32. The van der Waals surface area contributed by atoms with E-state index in [1.807, 2.05) is 30.3 Å². The first kappa shape index (κ1) is 14.6. The molecule has 1 aromatic carbocycles. The number of ether oxygens (including phenoxy) is 1. The van der Waals surface area contributed by atoms with Crippen molar-refractivity contribution in [2.24, 2.45) is 0 Å². The van der Waals surface area contributed by atoms with Crippen LogP contribution in [0.4, 0.5) is 0 Å². The number of aliphatic hydroxyl groups is 1. The zero-order valence-electron chi connectivity index (χ0n) is 11.2. The van der Waals surface area contributed by atoms with E-state index in [1.165, 1.54) is 18.4 Å². The van der Waals surface area contributed by atoms with Gasteiger partial charge in [0.15, 0.2) is 0 Å². The molecule has 1 heterocycles. The van der Waals surface area contributed by atoms with Gasteiger partial charge in [-0.1, -0.05) is 30.3 Å². The van der Waals surface area contributed by atoms with Gasteiger partial charge in [0.2, 0.25) is 0 Å². The van der Waals surface area contributed by atoms with Crippen molar-refractivity contribution in [3.05, 3.63) is 52.2 Å². The van der Waals surface area contributed by atoms with Crippen molar-refractivity contribution >= 4 is 17.2 Å². The van der Waals surface area contributed by atoms with E-state index in [2.05, 4.69) is 5.32 Å². The lowest BCUT2D eigenvalue weighted by Gasteiger charge is -2.12. The molecule has 2 aromatic rings. The number of nitrogens with one attached hydrogen (secondary N) is 1. The van der Waals surface area contributed by atoms with E-state index in [9.17, 15) is 9.90 Å². The molecule has 1 unspecified atom stereocenters. The first-order valence-corrected chi connectivity index (χ1v) is 7.20. The Morgan fingerprint density at radius 1 is 1.35 bits per heavy atom. The predicted octanol–water partition coefficient (Wildman–Crippen LogP) is 2.09. The van der Waals surface area contributed by atoms with E-state index in [0.717, 1.165) is 5.56 Å². The van der Waals surface area contributed by atoms with Crippen molar-refractivity contribution in [1.29, 1.82) is 0 Å². The van der Waals surface area contributed by atoms with Crippen LogP contribution in [-0.2, 0) is 6.42 Å². The second-order valence-electron chi connectivity index (χ2n) is 4.37. The fourth-order valence-corrected chi connectivity index (χ4v) is 2.65. The summed E-state index contributed by atoms with van der Waals surface area (Å²) in [7, 11) is 1.53. The minimum absolute atomic E-state index is 0.217. The lowest BCUT2D eigenvalue weighted by molar-refractivity contribution is 0.0917. The van der Waals surface area contributed by atoms with E-state index in [1.54, 1.807) is 11.4 Å². The number of methoxy groups -OCH3 is 1. The fourth-order valence-electron chi connectivity index (χ4n) is 1.87. The number of rotatable bonds is 6. The Hall–Kier alpha value is -1.85. The minimum atomic E-state index is -0.604. The van der Waals surface area contributed by atoms with E-state index in [-0.39, 0.29) is 12.5 Å². The molecule has 106 valence electrons. The van der Waals surface area contributed by atoms with Gasteiger partial charge in [-0.25, -0.2) is 0 Å². The van der Waals surface area contributed by atoms with Gasteiger partial charge < -0.3 is 15.2 Å². The van der Waals surface area contributed by atoms with Crippen molar-refractivity contribution in [1.82, 2.24) is 5.32 Å². The summed E-state index contributed by atoms with van der Waals surface area (Å²) in [6.45, 7) is 0.217. The highest BCUT2D eigenvalue weighted by Crippen LogP contribution is 2.23. The SMILES string of the molecule is COc1ccsc1C(=O)NCC(O)Cc1ccccc1. The van der Waals surface area contributed by atoms with Crippen LogP contribution in [0, 0.1) is 0 Å². The van der Waals surface area contributed by atoms with Crippen molar-refractivity contribution in [3.63, 3.8) is 0 Å². The van der Waals surface area contributed by atoms with Crippen LogP contribution >= 0.6 is 11.3 Å². The quantitative estimate of drug-likeness (QED) is 0.857. The summed E-state index contributed by atoms with van der Waals surface area (Å²) < 4.78 is 5.10. The second-order valence-corrected chi connectivity index (χ2v) is 5.29. The summed E-state index contributed by atoms with van der Waals surface area (Å²) in [6.07, 6.45) is -0.0878. The van der Waals surface area contributed by atoms with Crippen LogP contribution in [0.25, 0.3) is 0 Å². The third kappa shape index (κ3) is 3.82. The van der Waals surface area contributed by atoms with Crippen LogP contribution in [0.2, 0.25) is 0 Å². The van der Waals surface area contributed by atoms with Crippen LogP contribution in [0.3, 0.4) is 0 Å². The van der Waals surface area contributed by atoms with E-state index in [0.29, 0.717) is 17.0 Å². The molecule has 1 aromatic heterocycles. The number of benzene rings is 1. The summed E-state index contributed by atoms with van der Waals surface area (Å²) in [5, 5.41) is 14.5. The van der Waals surface area contributed by atoms with Gasteiger partial charge >= 0.3 is 0 Å². The molecule has 0 aliphatic carbocycles. The predicted molar refractivity (Wildman–Crippen MR) is 79.4 cm³/mol. The number of carbonyl (C=O) groups is 1. The molecule has 0 radical (unpaired) electrons. The van der Waals surface area contributed by atoms with E-state index in [4.69, 9.17) is 4.74 Å². The normalized spacial score (nSPS) is 11.9. The number of hydrogen-bond donors (Lipinski definition) is 2. The number of thiophene rings is 1. The highest BCUT2D eigenvalue weighted by Gasteiger charge is 2.15. The first-order chi connectivity index (χ1) is 9.70. The molecule has 0 spiro atoms. The Kier molecular flexibility index (Phi) is 5.15. The van der Waals surface area contributed by atoms with E-state index >= 15 is 0 Å². The number of hydrogen-bond acceptors (Lipinski definition) is 4. The van der Waals surface area contributed by atoms with Crippen LogP contribution in [0.1, 0.15) is 15.2 Å². The Bertz CT molecular complexity index is 553. The first-order valence-electron chi connectivity index (χ1n) is 6.32. The maximum atomic E-state index is 12.0. The van der Waals surface area contributed by atoms with Gasteiger partial charge in [0.1, 0.15) is 10.6 Å². The lowest BCUT2D eigenvalue weighted by atomic mass is 10.1. The van der Waals surface area contributed by atoms with Crippen LogP contribution < -0.4 is 10.1 Å².